The van der Waals surface area contributed by atoms with Crippen LogP contribution in [0, 0.1) is 5.82 Å². The number of hydrogen-bond donors (Lipinski definition) is 0. The fourth-order valence-corrected chi connectivity index (χ4v) is 1.54. The van der Waals surface area contributed by atoms with Crippen LogP contribution in [-0.2, 0) is 6.61 Å². The van der Waals surface area contributed by atoms with Crippen LogP contribution in [0.1, 0.15) is 5.56 Å². The average molecular weight is 304 g/mol. The second-order valence-electron chi connectivity index (χ2n) is 4.67. The van der Waals surface area contributed by atoms with E-state index in [2.05, 4.69) is 15.0 Å². The van der Waals surface area contributed by atoms with Crippen molar-refractivity contribution < 1.29 is 13.9 Å². The number of aliphatic imine (C=N–C) groups is 1. The largest absolute Gasteiger partial charge is 0.497 e. The molecule has 0 fully saturated rings. The molecule has 2 aromatic rings. The van der Waals surface area contributed by atoms with Gasteiger partial charge in [-0.15, -0.1) is 0 Å². The number of methoxy groups -OCH3 is 1. The zero-order valence-corrected chi connectivity index (χ0v) is 12.7. The van der Waals surface area contributed by atoms with Crippen molar-refractivity contribution in [1.29, 1.82) is 0 Å². The second kappa shape index (κ2) is 7.35. The van der Waals surface area contributed by atoms with E-state index in [1.165, 1.54) is 6.34 Å². The lowest BCUT2D eigenvalue weighted by Gasteiger charge is -2.07. The van der Waals surface area contributed by atoms with Crippen LogP contribution in [0.4, 0.5) is 10.2 Å². The molecule has 22 heavy (non-hydrogen) atoms. The third kappa shape index (κ3) is 4.41. The Balaban J connectivity index is 2.04. The zero-order valence-electron chi connectivity index (χ0n) is 12.7. The normalized spacial score (nSPS) is 10.7. The van der Waals surface area contributed by atoms with Gasteiger partial charge in [-0.3, -0.25) is 0 Å². The number of benzene rings is 1. The SMILES string of the molecule is COc1ccc(COc2ncc(F)c(N=CN(C)C)n2)cc1. The molecule has 0 saturated carbocycles. The van der Waals surface area contributed by atoms with E-state index < -0.39 is 5.82 Å². The number of hydrogen-bond acceptors (Lipinski definition) is 5. The van der Waals surface area contributed by atoms with Gasteiger partial charge in [-0.2, -0.15) is 4.98 Å². The molecule has 1 heterocycles. The van der Waals surface area contributed by atoms with Crippen molar-refractivity contribution >= 4 is 12.2 Å². The average Bonchev–Trinajstić information content (AvgIpc) is 2.53. The van der Waals surface area contributed by atoms with Crippen LogP contribution in [0.5, 0.6) is 11.8 Å². The molecule has 0 saturated heterocycles. The molecule has 0 aliphatic rings. The first-order chi connectivity index (χ1) is 10.6. The highest BCUT2D eigenvalue weighted by molar-refractivity contribution is 5.59. The van der Waals surface area contributed by atoms with Crippen LogP contribution in [0.3, 0.4) is 0 Å². The molecule has 0 spiro atoms. The minimum absolute atomic E-state index is 0.0616. The minimum atomic E-state index is -0.602. The lowest BCUT2D eigenvalue weighted by atomic mass is 10.2. The van der Waals surface area contributed by atoms with E-state index in [-0.39, 0.29) is 18.4 Å². The van der Waals surface area contributed by atoms with Gasteiger partial charge >= 0.3 is 6.01 Å². The van der Waals surface area contributed by atoms with Gasteiger partial charge in [0.15, 0.2) is 11.6 Å². The fraction of sp³-hybridized carbons (Fsp3) is 0.267. The lowest BCUT2D eigenvalue weighted by molar-refractivity contribution is 0.279. The molecule has 0 atom stereocenters. The monoisotopic (exact) mass is 304 g/mol. The number of nitrogens with zero attached hydrogens (tertiary/aromatic N) is 4. The van der Waals surface area contributed by atoms with E-state index in [0.717, 1.165) is 17.5 Å². The predicted octanol–water partition coefficient (Wildman–Crippen LogP) is 2.42. The molecule has 0 N–H and O–H groups in total. The molecule has 0 bridgehead atoms. The van der Waals surface area contributed by atoms with Gasteiger partial charge in [0.05, 0.1) is 19.6 Å². The lowest BCUT2D eigenvalue weighted by Crippen LogP contribution is -2.07. The Morgan fingerprint density at radius 3 is 2.64 bits per heavy atom. The maximum Gasteiger partial charge on any atom is 0.318 e. The first-order valence-electron chi connectivity index (χ1n) is 6.57. The third-order valence-corrected chi connectivity index (χ3v) is 2.64. The van der Waals surface area contributed by atoms with Gasteiger partial charge in [0.25, 0.3) is 0 Å². The number of ether oxygens (including phenoxy) is 2. The molecule has 0 aliphatic heterocycles. The summed E-state index contributed by atoms with van der Waals surface area (Å²) in [6, 6.07) is 7.47. The topological polar surface area (TPSA) is 59.8 Å². The third-order valence-electron chi connectivity index (χ3n) is 2.64. The molecule has 1 aromatic carbocycles. The summed E-state index contributed by atoms with van der Waals surface area (Å²) in [5, 5.41) is 0. The summed E-state index contributed by atoms with van der Waals surface area (Å²) in [4.78, 5) is 13.3. The van der Waals surface area contributed by atoms with Crippen LogP contribution < -0.4 is 9.47 Å². The maximum atomic E-state index is 13.5. The quantitative estimate of drug-likeness (QED) is 0.606. The van der Waals surface area contributed by atoms with E-state index in [9.17, 15) is 4.39 Å². The Hall–Kier alpha value is -2.70. The first kappa shape index (κ1) is 15.7. The van der Waals surface area contributed by atoms with Crippen LogP contribution in [0.25, 0.3) is 0 Å². The van der Waals surface area contributed by atoms with Crippen molar-refractivity contribution in [1.82, 2.24) is 14.9 Å². The molecule has 1 aromatic heterocycles. The van der Waals surface area contributed by atoms with Crippen molar-refractivity contribution in [2.24, 2.45) is 4.99 Å². The summed E-state index contributed by atoms with van der Waals surface area (Å²) >= 11 is 0. The van der Waals surface area contributed by atoms with Crippen molar-refractivity contribution in [3.8, 4) is 11.8 Å². The van der Waals surface area contributed by atoms with E-state index in [4.69, 9.17) is 9.47 Å². The second-order valence-corrected chi connectivity index (χ2v) is 4.67. The van der Waals surface area contributed by atoms with E-state index in [0.29, 0.717) is 0 Å². The Morgan fingerprint density at radius 2 is 2.00 bits per heavy atom. The molecular weight excluding hydrogens is 287 g/mol. The Morgan fingerprint density at radius 1 is 1.27 bits per heavy atom. The molecule has 2 rings (SSSR count). The van der Waals surface area contributed by atoms with Gasteiger partial charge in [0.1, 0.15) is 12.4 Å². The highest BCUT2D eigenvalue weighted by Crippen LogP contribution is 2.17. The summed E-state index contributed by atoms with van der Waals surface area (Å²) in [7, 11) is 5.17. The van der Waals surface area contributed by atoms with Gasteiger partial charge in [-0.25, -0.2) is 14.4 Å². The van der Waals surface area contributed by atoms with E-state index in [1.54, 1.807) is 26.1 Å². The predicted molar refractivity (Wildman–Crippen MR) is 81.2 cm³/mol. The molecule has 0 radical (unpaired) electrons. The molecule has 0 aliphatic carbocycles. The molecule has 0 unspecified atom stereocenters. The summed E-state index contributed by atoms with van der Waals surface area (Å²) in [6.45, 7) is 0.270. The van der Waals surface area contributed by atoms with Crippen LogP contribution in [0.2, 0.25) is 0 Å². The fourth-order valence-electron chi connectivity index (χ4n) is 1.54. The standard InChI is InChI=1S/C15H17FN4O2/c1-20(2)10-18-14-13(16)8-17-15(19-14)22-9-11-4-6-12(21-3)7-5-11/h4-8,10H,9H2,1-3H3. The molecule has 0 amide bonds. The van der Waals surface area contributed by atoms with Crippen molar-refractivity contribution in [2.45, 2.75) is 6.61 Å². The van der Waals surface area contributed by atoms with Gasteiger partial charge < -0.3 is 14.4 Å². The van der Waals surface area contributed by atoms with Gasteiger partial charge in [-0.1, -0.05) is 12.1 Å². The van der Waals surface area contributed by atoms with Crippen LogP contribution >= 0.6 is 0 Å². The minimum Gasteiger partial charge on any atom is -0.497 e. The smallest absolute Gasteiger partial charge is 0.318 e. The Labute approximate surface area is 128 Å². The van der Waals surface area contributed by atoms with Crippen molar-refractivity contribution in [3.05, 3.63) is 41.8 Å². The first-order valence-corrected chi connectivity index (χ1v) is 6.57. The van der Waals surface area contributed by atoms with E-state index in [1.807, 2.05) is 24.3 Å². The highest BCUT2D eigenvalue weighted by Gasteiger charge is 2.07. The summed E-state index contributed by atoms with van der Waals surface area (Å²) in [5.41, 5.74) is 0.923. The van der Waals surface area contributed by atoms with Crippen molar-refractivity contribution in [2.75, 3.05) is 21.2 Å². The number of rotatable bonds is 6. The summed E-state index contributed by atoms with van der Waals surface area (Å²) < 4.78 is 24.1. The highest BCUT2D eigenvalue weighted by atomic mass is 19.1. The van der Waals surface area contributed by atoms with Gasteiger partial charge in [0, 0.05) is 14.1 Å². The number of aromatic nitrogens is 2. The zero-order chi connectivity index (χ0) is 15.9. The van der Waals surface area contributed by atoms with Crippen LogP contribution in [-0.4, -0.2) is 42.4 Å². The van der Waals surface area contributed by atoms with Gasteiger partial charge in [0.2, 0.25) is 0 Å². The van der Waals surface area contributed by atoms with Gasteiger partial charge in [-0.05, 0) is 17.7 Å². The molecule has 7 heteroatoms. The molecule has 6 nitrogen and oxygen atoms in total. The Bertz CT molecular complexity index is 644. The van der Waals surface area contributed by atoms with Crippen LogP contribution in [0.15, 0.2) is 35.5 Å². The molecule has 116 valence electrons. The number of halogens is 1. The van der Waals surface area contributed by atoms with E-state index >= 15 is 0 Å². The maximum absolute atomic E-state index is 13.5. The summed E-state index contributed by atoms with van der Waals surface area (Å²) in [6.07, 6.45) is 2.50. The summed E-state index contributed by atoms with van der Waals surface area (Å²) in [5.74, 6) is 0.102. The molecular formula is C15H17FN4O2. The Kier molecular flexibility index (Phi) is 5.24. The van der Waals surface area contributed by atoms with Crippen molar-refractivity contribution in [3.63, 3.8) is 0 Å².